The molecule has 0 saturated carbocycles. The maximum atomic E-state index is 12.7. The second-order valence-electron chi connectivity index (χ2n) is 6.08. The van der Waals surface area contributed by atoms with Crippen LogP contribution in [-0.4, -0.2) is 27.8 Å². The number of carbonyl (C=O) groups excluding carboxylic acids is 2. The summed E-state index contributed by atoms with van der Waals surface area (Å²) in [6.07, 6.45) is -2.47. The Morgan fingerprint density at radius 2 is 2.03 bits per heavy atom. The van der Waals surface area contributed by atoms with Crippen molar-refractivity contribution in [1.29, 1.82) is 0 Å². The molecule has 0 aliphatic rings. The number of furan rings is 1. The monoisotopic (exact) mass is 407 g/mol. The number of alkyl halides is 3. The van der Waals surface area contributed by atoms with Crippen LogP contribution >= 0.6 is 0 Å². The number of nitrogens with one attached hydrogen (secondary N) is 1. The van der Waals surface area contributed by atoms with Gasteiger partial charge in [-0.25, -0.2) is 4.79 Å². The van der Waals surface area contributed by atoms with Gasteiger partial charge in [0.1, 0.15) is 5.76 Å². The fourth-order valence-electron chi connectivity index (χ4n) is 2.42. The predicted octanol–water partition coefficient (Wildman–Crippen LogP) is 3.73. The largest absolute Gasteiger partial charge is 0.452 e. The lowest BCUT2D eigenvalue weighted by Crippen LogP contribution is -2.30. The van der Waals surface area contributed by atoms with Crippen LogP contribution in [0.2, 0.25) is 0 Å². The standard InChI is InChI=1S/C19H16F3N3O4/c1-12(17(26)24-14-5-2-4-13(10-14)19(20,21)22)28-18(27)16-7-6-15(29-16)11-25-9-3-8-23-25/h2-10,12H,11H2,1H3,(H,24,26). The van der Waals surface area contributed by atoms with Gasteiger partial charge in [0.05, 0.1) is 12.1 Å². The van der Waals surface area contributed by atoms with E-state index in [-0.39, 0.29) is 11.4 Å². The first-order valence-electron chi connectivity index (χ1n) is 8.47. The molecule has 1 amide bonds. The number of nitrogens with zero attached hydrogens (tertiary/aromatic N) is 2. The molecule has 3 rings (SSSR count). The van der Waals surface area contributed by atoms with Crippen LogP contribution < -0.4 is 5.32 Å². The van der Waals surface area contributed by atoms with Gasteiger partial charge in [-0.05, 0) is 43.3 Å². The van der Waals surface area contributed by atoms with Gasteiger partial charge in [-0.2, -0.15) is 18.3 Å². The Hall–Kier alpha value is -3.56. The number of ether oxygens (including phenoxy) is 1. The number of halogens is 3. The van der Waals surface area contributed by atoms with Gasteiger partial charge in [0.25, 0.3) is 5.91 Å². The number of hydrogen-bond donors (Lipinski definition) is 1. The first-order valence-corrected chi connectivity index (χ1v) is 8.47. The number of amides is 1. The summed E-state index contributed by atoms with van der Waals surface area (Å²) in [5, 5.41) is 6.30. The maximum absolute atomic E-state index is 12.7. The van der Waals surface area contributed by atoms with Crippen molar-refractivity contribution in [2.75, 3.05) is 5.32 Å². The number of aromatic nitrogens is 2. The number of hydrogen-bond acceptors (Lipinski definition) is 5. The summed E-state index contributed by atoms with van der Waals surface area (Å²) in [6.45, 7) is 1.61. The minimum absolute atomic E-state index is 0.0627. The summed E-state index contributed by atoms with van der Waals surface area (Å²) in [5.41, 5.74) is -0.965. The number of rotatable bonds is 6. The van der Waals surface area contributed by atoms with Gasteiger partial charge in [0.2, 0.25) is 5.76 Å². The summed E-state index contributed by atoms with van der Waals surface area (Å²) in [7, 11) is 0. The predicted molar refractivity (Wildman–Crippen MR) is 95.0 cm³/mol. The second-order valence-corrected chi connectivity index (χ2v) is 6.08. The Kier molecular flexibility index (Phi) is 5.71. The van der Waals surface area contributed by atoms with Gasteiger partial charge < -0.3 is 14.5 Å². The Morgan fingerprint density at radius 3 is 2.72 bits per heavy atom. The third-order valence-electron chi connectivity index (χ3n) is 3.85. The molecule has 1 aromatic carbocycles. The van der Waals surface area contributed by atoms with Gasteiger partial charge >= 0.3 is 12.1 Å². The van der Waals surface area contributed by atoms with E-state index in [1.54, 1.807) is 29.2 Å². The van der Waals surface area contributed by atoms with E-state index in [0.717, 1.165) is 12.1 Å². The summed E-state index contributed by atoms with van der Waals surface area (Å²) in [5.74, 6) is -1.29. The molecule has 1 unspecified atom stereocenters. The highest BCUT2D eigenvalue weighted by Gasteiger charge is 2.30. The number of carbonyl (C=O) groups is 2. The topological polar surface area (TPSA) is 86.4 Å². The molecule has 152 valence electrons. The van der Waals surface area contributed by atoms with Crippen LogP contribution in [0.25, 0.3) is 0 Å². The zero-order valence-corrected chi connectivity index (χ0v) is 15.1. The molecule has 0 radical (unpaired) electrons. The molecule has 0 aliphatic heterocycles. The van der Waals surface area contributed by atoms with Crippen LogP contribution in [0.4, 0.5) is 18.9 Å². The highest BCUT2D eigenvalue weighted by atomic mass is 19.4. The number of esters is 1. The van der Waals surface area contributed by atoms with E-state index in [2.05, 4.69) is 10.4 Å². The first-order chi connectivity index (χ1) is 13.7. The minimum atomic E-state index is -4.54. The lowest BCUT2D eigenvalue weighted by molar-refractivity contribution is -0.137. The zero-order valence-electron chi connectivity index (χ0n) is 15.1. The van der Waals surface area contributed by atoms with Gasteiger partial charge in [0, 0.05) is 18.1 Å². The SMILES string of the molecule is CC(OC(=O)c1ccc(Cn2cccn2)o1)C(=O)Nc1cccc(C(F)(F)F)c1. The normalized spacial score (nSPS) is 12.4. The van der Waals surface area contributed by atoms with E-state index in [4.69, 9.17) is 9.15 Å². The van der Waals surface area contributed by atoms with E-state index >= 15 is 0 Å². The van der Waals surface area contributed by atoms with Crippen molar-refractivity contribution in [3.63, 3.8) is 0 Å². The molecule has 3 aromatic rings. The van der Waals surface area contributed by atoms with E-state index in [0.29, 0.717) is 12.3 Å². The van der Waals surface area contributed by atoms with Crippen molar-refractivity contribution in [3.8, 4) is 0 Å². The van der Waals surface area contributed by atoms with Gasteiger partial charge in [-0.1, -0.05) is 6.07 Å². The molecule has 10 heteroatoms. The van der Waals surface area contributed by atoms with E-state index in [1.807, 2.05) is 0 Å². The number of benzene rings is 1. The van der Waals surface area contributed by atoms with Crippen LogP contribution in [0.5, 0.6) is 0 Å². The molecule has 0 bridgehead atoms. The molecule has 0 aliphatic carbocycles. The molecule has 1 N–H and O–H groups in total. The molecule has 0 saturated heterocycles. The minimum Gasteiger partial charge on any atom is -0.452 e. The average Bonchev–Trinajstić information content (AvgIpc) is 3.33. The van der Waals surface area contributed by atoms with Crippen molar-refractivity contribution in [2.45, 2.75) is 25.7 Å². The van der Waals surface area contributed by atoms with Crippen LogP contribution in [0, 0.1) is 0 Å². The quantitative estimate of drug-likeness (QED) is 0.630. The Morgan fingerprint density at radius 1 is 1.24 bits per heavy atom. The lowest BCUT2D eigenvalue weighted by atomic mass is 10.2. The lowest BCUT2D eigenvalue weighted by Gasteiger charge is -2.14. The van der Waals surface area contributed by atoms with Crippen molar-refractivity contribution in [3.05, 3.63) is 71.9 Å². The fourth-order valence-corrected chi connectivity index (χ4v) is 2.42. The van der Waals surface area contributed by atoms with Gasteiger partial charge in [-0.3, -0.25) is 9.48 Å². The van der Waals surface area contributed by atoms with Crippen LogP contribution in [0.3, 0.4) is 0 Å². The van der Waals surface area contributed by atoms with Crippen LogP contribution in [0.15, 0.2) is 59.3 Å². The van der Waals surface area contributed by atoms with Gasteiger partial charge in [0.15, 0.2) is 6.10 Å². The van der Waals surface area contributed by atoms with Gasteiger partial charge in [-0.15, -0.1) is 0 Å². The average molecular weight is 407 g/mol. The molecule has 0 spiro atoms. The van der Waals surface area contributed by atoms with Crippen LogP contribution in [-0.2, 0) is 22.3 Å². The maximum Gasteiger partial charge on any atom is 0.416 e. The molecule has 1 atom stereocenters. The van der Waals surface area contributed by atoms with Crippen molar-refractivity contribution in [1.82, 2.24) is 9.78 Å². The zero-order chi connectivity index (χ0) is 21.0. The van der Waals surface area contributed by atoms with Crippen molar-refractivity contribution >= 4 is 17.6 Å². The smallest absolute Gasteiger partial charge is 0.416 e. The van der Waals surface area contributed by atoms with E-state index in [9.17, 15) is 22.8 Å². The Bertz CT molecular complexity index is 996. The fraction of sp³-hybridized carbons (Fsp3) is 0.211. The molecule has 7 nitrogen and oxygen atoms in total. The Balaban J connectivity index is 1.58. The summed E-state index contributed by atoms with van der Waals surface area (Å²) >= 11 is 0. The third kappa shape index (κ3) is 5.24. The van der Waals surface area contributed by atoms with Crippen molar-refractivity contribution < 1.29 is 31.9 Å². The summed E-state index contributed by atoms with van der Waals surface area (Å²) in [4.78, 5) is 24.3. The molecule has 0 fully saturated rings. The molecular weight excluding hydrogens is 391 g/mol. The van der Waals surface area contributed by atoms with Crippen LogP contribution in [0.1, 0.15) is 28.8 Å². The second kappa shape index (κ2) is 8.21. The molecule has 2 heterocycles. The first kappa shape index (κ1) is 20.2. The summed E-state index contributed by atoms with van der Waals surface area (Å²) < 4.78 is 50.2. The molecular formula is C19H16F3N3O4. The van der Waals surface area contributed by atoms with Crippen molar-refractivity contribution in [2.24, 2.45) is 0 Å². The van der Waals surface area contributed by atoms with E-state index < -0.39 is 29.7 Å². The molecule has 29 heavy (non-hydrogen) atoms. The van der Waals surface area contributed by atoms with E-state index in [1.165, 1.54) is 25.1 Å². The highest BCUT2D eigenvalue weighted by molar-refractivity contribution is 5.96. The molecule has 2 aromatic heterocycles. The number of anilines is 1. The summed E-state index contributed by atoms with van der Waals surface area (Å²) in [6, 6.07) is 8.86. The highest BCUT2D eigenvalue weighted by Crippen LogP contribution is 2.30. The Labute approximate surface area is 163 Å². The third-order valence-corrected chi connectivity index (χ3v) is 3.85.